The molecule has 2 fully saturated rings. The smallest absolute Gasteiger partial charge is 0.262 e. The molecule has 1 spiro atoms. The summed E-state index contributed by atoms with van der Waals surface area (Å²) in [4.78, 5) is 23.6. The third-order valence-electron chi connectivity index (χ3n) is 8.39. The first-order valence-corrected chi connectivity index (χ1v) is 13.8. The Labute approximate surface area is 229 Å². The Morgan fingerprint density at radius 3 is 2.85 bits per heavy atom. The van der Waals surface area contributed by atoms with Crippen molar-refractivity contribution in [2.75, 3.05) is 45.2 Å². The van der Waals surface area contributed by atoms with E-state index in [0.717, 1.165) is 51.4 Å². The van der Waals surface area contributed by atoms with Crippen LogP contribution in [0.2, 0.25) is 0 Å². The molecule has 0 bridgehead atoms. The van der Waals surface area contributed by atoms with Crippen molar-refractivity contribution >= 4 is 17.8 Å². The number of aromatic nitrogens is 2. The van der Waals surface area contributed by atoms with Crippen LogP contribution in [0.1, 0.15) is 46.3 Å². The van der Waals surface area contributed by atoms with Gasteiger partial charge < -0.3 is 19.1 Å². The number of hydrogen-bond donors (Lipinski definition) is 0. The van der Waals surface area contributed by atoms with Crippen molar-refractivity contribution in [2.45, 2.75) is 32.2 Å². The van der Waals surface area contributed by atoms with Gasteiger partial charge >= 0.3 is 0 Å². The molecule has 2 aromatic carbocycles. The van der Waals surface area contributed by atoms with Gasteiger partial charge in [-0.15, -0.1) is 0 Å². The number of halogens is 1. The number of aryl methyl sites for hydroxylation is 1. The highest BCUT2D eigenvalue weighted by atomic mass is 19.1. The van der Waals surface area contributed by atoms with Crippen molar-refractivity contribution in [2.24, 2.45) is 12.5 Å². The highest BCUT2D eigenvalue weighted by Gasteiger charge is 2.43. The van der Waals surface area contributed by atoms with Gasteiger partial charge in [0.1, 0.15) is 17.9 Å². The van der Waals surface area contributed by atoms with Gasteiger partial charge in [0.05, 0.1) is 5.56 Å². The van der Waals surface area contributed by atoms with Crippen LogP contribution in [0.4, 0.5) is 10.2 Å². The number of fused-ring (bicyclic) bond motifs is 1. The Balaban J connectivity index is 1.18. The molecule has 8 heteroatoms. The molecule has 204 valence electrons. The first-order valence-electron chi connectivity index (χ1n) is 13.8. The summed E-state index contributed by atoms with van der Waals surface area (Å²) in [5.74, 6) is 0.837. The number of carbonyl (C=O) groups excluding carboxylic acids is 1. The second-order valence-electron chi connectivity index (χ2n) is 11.6. The molecular weight excluding hydrogens is 493 g/mol. The number of rotatable bonds is 6. The van der Waals surface area contributed by atoms with Crippen molar-refractivity contribution in [1.82, 2.24) is 19.4 Å². The maximum absolute atomic E-state index is 14.0. The van der Waals surface area contributed by atoms with Crippen molar-refractivity contribution in [3.63, 3.8) is 0 Å². The molecule has 1 aliphatic carbocycles. The van der Waals surface area contributed by atoms with Gasteiger partial charge in [-0.2, -0.15) is 0 Å². The largest absolute Gasteiger partial charge is 0.435 e. The molecule has 0 saturated carbocycles. The molecule has 0 radical (unpaired) electrons. The Kier molecular flexibility index (Phi) is 6.67. The van der Waals surface area contributed by atoms with Crippen molar-refractivity contribution < 1.29 is 13.9 Å². The summed E-state index contributed by atoms with van der Waals surface area (Å²) in [7, 11) is 5.25. The summed E-state index contributed by atoms with van der Waals surface area (Å²) >= 11 is 0. The first kappa shape index (κ1) is 25.6. The number of allylic oxidation sites excluding steroid dienone is 1. The number of benzene rings is 2. The molecular formula is C31H36FN5O2. The van der Waals surface area contributed by atoms with E-state index in [2.05, 4.69) is 45.1 Å². The Morgan fingerprint density at radius 1 is 1.13 bits per heavy atom. The zero-order valence-electron chi connectivity index (χ0n) is 23.0. The Bertz CT molecular complexity index is 1430. The summed E-state index contributed by atoms with van der Waals surface area (Å²) in [5.41, 5.74) is 4.58. The zero-order chi connectivity index (χ0) is 27.1. The first-order chi connectivity index (χ1) is 18.8. The molecule has 1 aromatic heterocycles. The van der Waals surface area contributed by atoms with Gasteiger partial charge in [-0.3, -0.25) is 9.69 Å². The molecule has 1 amide bonds. The van der Waals surface area contributed by atoms with Crippen LogP contribution in [0, 0.1) is 11.2 Å². The second kappa shape index (κ2) is 10.2. The van der Waals surface area contributed by atoms with Crippen LogP contribution in [0.25, 0.3) is 6.08 Å². The predicted octanol–water partition coefficient (Wildman–Crippen LogP) is 5.12. The van der Waals surface area contributed by atoms with E-state index in [9.17, 15) is 9.18 Å². The molecule has 3 heterocycles. The fourth-order valence-corrected chi connectivity index (χ4v) is 6.48. The van der Waals surface area contributed by atoms with Gasteiger partial charge in [0.25, 0.3) is 11.8 Å². The Hall–Kier alpha value is -3.65. The molecule has 1 unspecified atom stereocenters. The number of hydrogen-bond acceptors (Lipinski definition) is 5. The lowest BCUT2D eigenvalue weighted by Gasteiger charge is -2.40. The van der Waals surface area contributed by atoms with Gasteiger partial charge in [0, 0.05) is 52.7 Å². The minimum absolute atomic E-state index is 0.180. The lowest BCUT2D eigenvalue weighted by Crippen LogP contribution is -2.44. The summed E-state index contributed by atoms with van der Waals surface area (Å²) in [6.07, 6.45) is 10.8. The van der Waals surface area contributed by atoms with Gasteiger partial charge in [-0.1, -0.05) is 30.4 Å². The van der Waals surface area contributed by atoms with Crippen LogP contribution in [0.15, 0.2) is 48.8 Å². The molecule has 39 heavy (non-hydrogen) atoms. The molecule has 3 aliphatic rings. The van der Waals surface area contributed by atoms with Gasteiger partial charge in [-0.05, 0) is 67.1 Å². The number of likely N-dealkylation sites (tertiary alicyclic amines) is 1. The molecule has 3 aromatic rings. The van der Waals surface area contributed by atoms with Crippen LogP contribution >= 0.6 is 0 Å². The average Bonchev–Trinajstić information content (AvgIpc) is 3.63. The maximum atomic E-state index is 14.0. The predicted molar refractivity (Wildman–Crippen MR) is 151 cm³/mol. The number of amides is 1. The fourth-order valence-electron chi connectivity index (χ4n) is 6.48. The SMILES string of the molecule is CN(C)C(=O)c1cc(F)ccc1Oc1ncn(C)c1N1CCC2(CCCN(Cc3ccc4c(c3)C=CC4)C2)C1. The van der Waals surface area contributed by atoms with Crippen LogP contribution in [0.5, 0.6) is 11.6 Å². The normalized spacial score (nSPS) is 20.6. The fraction of sp³-hybridized carbons (Fsp3) is 0.419. The van der Waals surface area contributed by atoms with E-state index >= 15 is 0 Å². The third-order valence-corrected chi connectivity index (χ3v) is 8.39. The number of imidazole rings is 1. The quantitative estimate of drug-likeness (QED) is 0.444. The number of nitrogens with zero attached hydrogens (tertiary/aromatic N) is 5. The molecule has 6 rings (SSSR count). The zero-order valence-corrected chi connectivity index (χ0v) is 23.0. The summed E-state index contributed by atoms with van der Waals surface area (Å²) in [5, 5.41) is 0. The van der Waals surface area contributed by atoms with Crippen LogP contribution in [-0.4, -0.2) is 65.5 Å². The number of carbonyl (C=O) groups is 1. The minimum atomic E-state index is -0.478. The van der Waals surface area contributed by atoms with E-state index in [1.165, 1.54) is 52.6 Å². The van der Waals surface area contributed by atoms with Crippen LogP contribution in [-0.2, 0) is 20.0 Å². The van der Waals surface area contributed by atoms with E-state index < -0.39 is 5.82 Å². The standard InChI is InChI=1S/C31H36FN5O2/c1-34(2)30(38)26-17-25(32)10-11-27(26)39-28-29(35(3)21-33-28)37-15-13-31(20-37)12-5-14-36(19-31)18-22-8-9-23-6-4-7-24(23)16-22/h4,7-11,16-17,21H,5-6,12-15,18-20H2,1-3H3. The lowest BCUT2D eigenvalue weighted by atomic mass is 9.79. The molecule has 2 aliphatic heterocycles. The van der Waals surface area contributed by atoms with Crippen molar-refractivity contribution in [3.05, 3.63) is 76.9 Å². The van der Waals surface area contributed by atoms with Gasteiger partial charge in [-0.25, -0.2) is 9.37 Å². The molecule has 7 nitrogen and oxygen atoms in total. The van der Waals surface area contributed by atoms with E-state index in [4.69, 9.17) is 4.74 Å². The van der Waals surface area contributed by atoms with E-state index in [0.29, 0.717) is 11.6 Å². The van der Waals surface area contributed by atoms with E-state index in [1.807, 2.05) is 11.6 Å². The molecule has 1 atom stereocenters. The monoisotopic (exact) mass is 529 g/mol. The van der Waals surface area contributed by atoms with Gasteiger partial charge in [0.15, 0.2) is 5.82 Å². The van der Waals surface area contributed by atoms with E-state index in [-0.39, 0.29) is 16.9 Å². The lowest BCUT2D eigenvalue weighted by molar-refractivity contribution is 0.0824. The van der Waals surface area contributed by atoms with E-state index in [1.54, 1.807) is 20.4 Å². The van der Waals surface area contributed by atoms with Crippen molar-refractivity contribution in [1.29, 1.82) is 0 Å². The average molecular weight is 530 g/mol. The van der Waals surface area contributed by atoms with Crippen molar-refractivity contribution in [3.8, 4) is 11.6 Å². The summed E-state index contributed by atoms with van der Waals surface area (Å²) in [6, 6.07) is 11.0. The summed E-state index contributed by atoms with van der Waals surface area (Å²) in [6.45, 7) is 5.03. The van der Waals surface area contributed by atoms with Crippen LogP contribution in [0.3, 0.4) is 0 Å². The van der Waals surface area contributed by atoms with Crippen LogP contribution < -0.4 is 9.64 Å². The minimum Gasteiger partial charge on any atom is -0.435 e. The highest BCUT2D eigenvalue weighted by molar-refractivity contribution is 5.96. The summed E-state index contributed by atoms with van der Waals surface area (Å²) < 4.78 is 22.2. The number of anilines is 1. The third kappa shape index (κ3) is 5.05. The topological polar surface area (TPSA) is 53.8 Å². The molecule has 0 N–H and O–H groups in total. The number of ether oxygens (including phenoxy) is 1. The Morgan fingerprint density at radius 2 is 2.00 bits per heavy atom. The molecule has 2 saturated heterocycles. The van der Waals surface area contributed by atoms with Gasteiger partial charge in [0.2, 0.25) is 0 Å². The number of piperidine rings is 1. The second-order valence-corrected chi connectivity index (χ2v) is 11.6. The maximum Gasteiger partial charge on any atom is 0.262 e. The highest BCUT2D eigenvalue weighted by Crippen LogP contribution is 2.43.